The standard InChI is InChI=1S/C36H43N3O3.C28H29N3O3.C8H15Br.CH2I2.CH3I.2Ni/c1-3-4-5-6-7-16-25-36(2,35(41)42)38-33(29-20-12-9-13-21-29)30-22-14-15-23-31(30)37-34(40)32-24-17-26-39(32)27-28-18-10-8-11-19-28;1-20(28(33)34)29-26(22-13-6-3-7-14-22)23-15-8-9-16-24(23)30-27(32)25-17-10-18-31(25)19-21-11-4-2-5-12-21;1-2-3-4-5-6-7-8-9;2-1-3;1-2;;/h3,8-15,18-23,32H,1,4-7,16-17,24-27H2,2H3,(H2,37,38,40,41,42);2-9,11-16,20,25H,10,17-19H2,1H3,(H2,29,30,32,33,34);2H,1,3-8H2;1H2;1H3;;/q;;;;;2*+2/p-2/t32-,36-;20-,25-;;;;;/m11...../s1. The Morgan fingerprint density at radius 3 is 1.36 bits per heavy atom. The summed E-state index contributed by atoms with van der Waals surface area (Å²) in [5, 5.41) is 30.1. The number of carboxylic acids is 2. The minimum absolute atomic E-state index is 0. The number of amides is 2. The summed E-state index contributed by atoms with van der Waals surface area (Å²) in [5.41, 5.74) is 5.93. The number of carbonyl (C=O) groups excluding carboxylic acids is 2. The molecule has 8 rings (SSSR count). The first kappa shape index (κ1) is 83.7. The van der Waals surface area contributed by atoms with Gasteiger partial charge in [0.15, 0.2) is 5.54 Å². The van der Waals surface area contributed by atoms with Crippen molar-refractivity contribution in [2.75, 3.05) is 25.8 Å². The second-order valence-electron chi connectivity index (χ2n) is 21.9. The number of nitrogens with zero attached hydrogens (tertiary/aromatic N) is 6. The van der Waals surface area contributed by atoms with Crippen LogP contribution in [0.15, 0.2) is 205 Å². The molecule has 2 N–H and O–H groups in total. The van der Waals surface area contributed by atoms with Crippen LogP contribution >= 0.6 is 83.7 Å². The van der Waals surface area contributed by atoms with Crippen molar-refractivity contribution in [1.29, 1.82) is 0 Å². The predicted octanol–water partition coefficient (Wildman–Crippen LogP) is 19.7. The van der Waals surface area contributed by atoms with E-state index in [1.54, 1.807) is 13.0 Å². The van der Waals surface area contributed by atoms with Gasteiger partial charge in [-0.1, -0.05) is 298 Å². The zero-order valence-corrected chi connectivity index (χ0v) is 63.2. The SMILES string of the molecule is C=CCCCCCCBr.C=CCCCCCC[C@@](C)(N=C(c1ccccc1)c1ccccc1[N-]C(=O)[C@H]1CCCN1Cc1ccccc1)C(=O)O.CI.C[C@@H](N=C(c1ccccc1)c1ccccc1[N-]C(=O)[C@H]1CCCN1Cc1ccccc1)C(=O)O.ICI.[Ni+2].[Ni+2]. The summed E-state index contributed by atoms with van der Waals surface area (Å²) >= 11 is 10.1. The number of unbranched alkanes of at least 4 members (excludes halogenated alkanes) is 8. The molecule has 0 aromatic heterocycles. The van der Waals surface area contributed by atoms with Gasteiger partial charge >= 0.3 is 44.9 Å². The van der Waals surface area contributed by atoms with E-state index in [1.807, 2.05) is 157 Å². The van der Waals surface area contributed by atoms with Gasteiger partial charge in [-0.3, -0.25) is 19.8 Å². The Morgan fingerprint density at radius 1 is 0.587 bits per heavy atom. The maximum absolute atomic E-state index is 13.6. The van der Waals surface area contributed by atoms with Gasteiger partial charge in [0.1, 0.15) is 6.04 Å². The zero-order chi connectivity index (χ0) is 65.4. The summed E-state index contributed by atoms with van der Waals surface area (Å²) in [6.45, 7) is 13.8. The van der Waals surface area contributed by atoms with Gasteiger partial charge in [-0.05, 0) is 118 Å². The number of halogens is 4. The largest absolute Gasteiger partial charge is 2.00 e. The second-order valence-corrected chi connectivity index (χ2v) is 27.2. The first-order chi connectivity index (χ1) is 43.8. The fourth-order valence-electron chi connectivity index (χ4n) is 10.5. The molecular weight excluding hydrogens is 1650 g/mol. The van der Waals surface area contributed by atoms with Crippen LogP contribution in [0, 0.1) is 0 Å². The average molecular weight is 1740 g/mol. The van der Waals surface area contributed by atoms with E-state index in [4.69, 9.17) is 4.99 Å². The Kier molecular flexibility index (Phi) is 44.7. The summed E-state index contributed by atoms with van der Waals surface area (Å²) < 4.78 is 1.19. The molecule has 2 aliphatic heterocycles. The van der Waals surface area contributed by atoms with Crippen LogP contribution in [0.25, 0.3) is 10.6 Å². The van der Waals surface area contributed by atoms with Crippen molar-refractivity contribution >= 4 is 130 Å². The predicted molar refractivity (Wildman–Crippen MR) is 404 cm³/mol. The van der Waals surface area contributed by atoms with Crippen molar-refractivity contribution in [1.82, 2.24) is 9.80 Å². The number of benzene rings is 6. The first-order valence-corrected chi connectivity index (χ1v) is 37.4. The van der Waals surface area contributed by atoms with Gasteiger partial charge in [0.2, 0.25) is 0 Å². The van der Waals surface area contributed by atoms with Gasteiger partial charge in [0.25, 0.3) is 0 Å². The molecule has 0 radical (unpaired) electrons. The number of hydrogen-bond acceptors (Lipinski definition) is 8. The molecule has 2 amide bonds. The molecule has 0 spiro atoms. The average Bonchev–Trinajstić information content (AvgIpc) is 1.62. The molecule has 18 heteroatoms. The van der Waals surface area contributed by atoms with Crippen LogP contribution in [0.5, 0.6) is 0 Å². The molecule has 4 atom stereocenters. The van der Waals surface area contributed by atoms with Crippen LogP contribution in [0.4, 0.5) is 11.4 Å². The minimum atomic E-state index is -1.32. The number of likely N-dealkylation sites (tertiary alicyclic amines) is 2. The van der Waals surface area contributed by atoms with E-state index in [0.717, 1.165) is 87.3 Å². The molecule has 0 aliphatic carbocycles. The Balaban J connectivity index is 0.000000517. The van der Waals surface area contributed by atoms with Crippen LogP contribution in [0.1, 0.15) is 144 Å². The number of para-hydroxylation sites is 2. The van der Waals surface area contributed by atoms with Gasteiger partial charge < -0.3 is 30.4 Å². The molecular formula is C74H90BrI3N6Ni2O6+2. The van der Waals surface area contributed by atoms with Crippen molar-refractivity contribution in [2.24, 2.45) is 9.98 Å². The fraction of sp³-hybridized carbons (Fsp3) is 0.378. The van der Waals surface area contributed by atoms with E-state index in [0.29, 0.717) is 53.4 Å². The van der Waals surface area contributed by atoms with E-state index in [9.17, 15) is 29.4 Å². The Labute approximate surface area is 618 Å². The van der Waals surface area contributed by atoms with Crippen LogP contribution in [-0.2, 0) is 65.3 Å². The van der Waals surface area contributed by atoms with Crippen molar-refractivity contribution in [2.45, 2.75) is 147 Å². The molecule has 12 nitrogen and oxygen atoms in total. The molecule has 2 heterocycles. The normalized spacial score (nSPS) is 15.3. The topological polar surface area (TPSA) is 168 Å². The van der Waals surface area contributed by atoms with Crippen LogP contribution < -0.4 is 0 Å². The van der Waals surface area contributed by atoms with Crippen LogP contribution in [0.3, 0.4) is 0 Å². The monoisotopic (exact) mass is 1730 g/mol. The molecule has 0 unspecified atom stereocenters. The summed E-state index contributed by atoms with van der Waals surface area (Å²) in [6.07, 6.45) is 19.0. The zero-order valence-electron chi connectivity index (χ0n) is 53.2. The Morgan fingerprint density at radius 2 is 0.957 bits per heavy atom. The third-order valence-corrected chi connectivity index (χ3v) is 15.8. The number of carbonyl (C=O) groups is 4. The third-order valence-electron chi connectivity index (χ3n) is 15.2. The Hall–Kier alpha value is -4.40. The maximum Gasteiger partial charge on any atom is 2.00 e. The van der Waals surface area contributed by atoms with Gasteiger partial charge in [0.05, 0.1) is 37.8 Å². The molecule has 6 aromatic rings. The van der Waals surface area contributed by atoms with Gasteiger partial charge in [-0.2, -0.15) is 0 Å². The van der Waals surface area contributed by atoms with Crippen molar-refractivity contribution in [3.05, 3.63) is 239 Å². The Bertz CT molecular complexity index is 3140. The van der Waals surface area contributed by atoms with Crippen molar-refractivity contribution < 1.29 is 62.4 Å². The number of alkyl halides is 4. The number of carboxylic acid groups (broad SMARTS) is 2. The van der Waals surface area contributed by atoms with Gasteiger partial charge in [-0.15, -0.1) is 24.5 Å². The summed E-state index contributed by atoms with van der Waals surface area (Å²) in [7, 11) is 0. The number of allylic oxidation sites excluding steroid dienone is 2. The quantitative estimate of drug-likeness (QED) is 0.0117. The van der Waals surface area contributed by atoms with Gasteiger partial charge in [0, 0.05) is 29.5 Å². The molecule has 0 bridgehead atoms. The molecule has 6 aromatic carbocycles. The molecule has 498 valence electrons. The number of rotatable bonds is 29. The molecule has 92 heavy (non-hydrogen) atoms. The second kappa shape index (κ2) is 49.2. The molecule has 2 saturated heterocycles. The fourth-order valence-corrected chi connectivity index (χ4v) is 10.9. The summed E-state index contributed by atoms with van der Waals surface area (Å²) in [4.78, 5) is 66.9. The maximum atomic E-state index is 13.6. The van der Waals surface area contributed by atoms with E-state index >= 15 is 0 Å². The van der Waals surface area contributed by atoms with E-state index in [1.165, 1.54) is 52.6 Å². The minimum Gasteiger partial charge on any atom is -0.625 e. The van der Waals surface area contributed by atoms with E-state index in [-0.39, 0.29) is 56.9 Å². The number of hydrogen-bond donors (Lipinski definition) is 2. The molecule has 2 fully saturated rings. The van der Waals surface area contributed by atoms with Crippen molar-refractivity contribution in [3.8, 4) is 0 Å². The number of aliphatic carboxylic acids is 2. The van der Waals surface area contributed by atoms with Crippen LogP contribution in [0.2, 0.25) is 0 Å². The first-order valence-electron chi connectivity index (χ1n) is 31.0. The summed E-state index contributed by atoms with van der Waals surface area (Å²) in [5.74, 6) is -2.33. The van der Waals surface area contributed by atoms with Crippen molar-refractivity contribution in [3.63, 3.8) is 0 Å². The van der Waals surface area contributed by atoms with E-state index in [2.05, 4.69) is 147 Å². The van der Waals surface area contributed by atoms with E-state index < -0.39 is 23.5 Å². The van der Waals surface area contributed by atoms with Crippen LogP contribution in [-0.4, -0.2) is 105 Å². The summed E-state index contributed by atoms with van der Waals surface area (Å²) in [6, 6.07) is 52.5. The van der Waals surface area contributed by atoms with Gasteiger partial charge in [-0.25, -0.2) is 9.59 Å². The number of aliphatic imine (C=N–C) groups is 2. The smallest absolute Gasteiger partial charge is 0.625 e. The molecule has 2 aliphatic rings. The third kappa shape index (κ3) is 29.7. The molecule has 0 saturated carbocycles.